The van der Waals surface area contributed by atoms with Crippen LogP contribution >= 0.6 is 15.9 Å². The van der Waals surface area contributed by atoms with Crippen LogP contribution in [0.15, 0.2) is 18.2 Å². The van der Waals surface area contributed by atoms with Crippen molar-refractivity contribution in [2.45, 2.75) is 26.9 Å². The number of hydrogen-bond acceptors (Lipinski definition) is 2. The van der Waals surface area contributed by atoms with Gasteiger partial charge in [-0.15, -0.1) is 0 Å². The van der Waals surface area contributed by atoms with Crippen LogP contribution in [0.1, 0.15) is 29.8 Å². The lowest BCUT2D eigenvalue weighted by Gasteiger charge is -2.13. The first kappa shape index (κ1) is 12.2. The summed E-state index contributed by atoms with van der Waals surface area (Å²) in [6.45, 7) is 5.88. The van der Waals surface area contributed by atoms with Gasteiger partial charge in [0.2, 0.25) is 0 Å². The van der Waals surface area contributed by atoms with Crippen molar-refractivity contribution in [1.29, 1.82) is 0 Å². The molecule has 0 aromatic heterocycles. The summed E-state index contributed by atoms with van der Waals surface area (Å²) in [7, 11) is 0. The van der Waals surface area contributed by atoms with Crippen LogP contribution in [0.3, 0.4) is 0 Å². The van der Waals surface area contributed by atoms with Crippen molar-refractivity contribution in [3.05, 3.63) is 29.3 Å². The molecule has 0 N–H and O–H groups in total. The number of rotatable bonds is 4. The minimum absolute atomic E-state index is 0.0469. The van der Waals surface area contributed by atoms with Crippen LogP contribution < -0.4 is 4.74 Å². The number of hydrogen-bond donors (Lipinski definition) is 0. The van der Waals surface area contributed by atoms with Gasteiger partial charge >= 0.3 is 0 Å². The second-order valence-corrected chi connectivity index (χ2v) is 4.28. The summed E-state index contributed by atoms with van der Waals surface area (Å²) in [6.07, 6.45) is 0.0775. The van der Waals surface area contributed by atoms with E-state index in [9.17, 15) is 4.79 Å². The number of ketones is 1. The fraction of sp³-hybridized carbons (Fsp3) is 0.417. The van der Waals surface area contributed by atoms with Gasteiger partial charge in [-0.25, -0.2) is 0 Å². The van der Waals surface area contributed by atoms with Crippen molar-refractivity contribution in [2.75, 3.05) is 5.33 Å². The first-order valence-corrected chi connectivity index (χ1v) is 6.03. The number of Topliss-reactive ketones (excluding diaryl/α,β-unsaturated/α-hetero) is 1. The Hall–Kier alpha value is -0.830. The largest absolute Gasteiger partial charge is 0.490 e. The van der Waals surface area contributed by atoms with E-state index in [1.807, 2.05) is 39.0 Å². The molecule has 0 aliphatic carbocycles. The van der Waals surface area contributed by atoms with E-state index in [0.717, 1.165) is 5.56 Å². The topological polar surface area (TPSA) is 26.3 Å². The van der Waals surface area contributed by atoms with Crippen LogP contribution in [-0.2, 0) is 0 Å². The molecule has 1 aromatic carbocycles. The SMILES string of the molecule is Cc1ccc(C(=O)CBr)c(OC(C)C)c1. The van der Waals surface area contributed by atoms with Crippen molar-refractivity contribution < 1.29 is 9.53 Å². The number of ether oxygens (including phenoxy) is 1. The molecule has 0 heterocycles. The number of carbonyl (C=O) groups is 1. The van der Waals surface area contributed by atoms with Gasteiger partial charge in [-0.2, -0.15) is 0 Å². The molecule has 0 aliphatic rings. The van der Waals surface area contributed by atoms with E-state index in [-0.39, 0.29) is 11.9 Å². The lowest BCUT2D eigenvalue weighted by Crippen LogP contribution is -2.10. The highest BCUT2D eigenvalue weighted by molar-refractivity contribution is 9.09. The Bertz CT molecular complexity index is 359. The first-order chi connectivity index (χ1) is 7.04. The van der Waals surface area contributed by atoms with Crippen molar-refractivity contribution in [3.63, 3.8) is 0 Å². The third-order valence-corrected chi connectivity index (χ3v) is 2.43. The van der Waals surface area contributed by atoms with Crippen LogP contribution in [0, 0.1) is 6.92 Å². The lowest BCUT2D eigenvalue weighted by atomic mass is 10.1. The quantitative estimate of drug-likeness (QED) is 0.620. The molecule has 1 rings (SSSR count). The lowest BCUT2D eigenvalue weighted by molar-refractivity contribution is 0.101. The van der Waals surface area contributed by atoms with E-state index in [1.54, 1.807) is 0 Å². The fourth-order valence-electron chi connectivity index (χ4n) is 1.28. The standard InChI is InChI=1S/C12H15BrO2/c1-8(2)15-12-6-9(3)4-5-10(12)11(14)7-13/h4-6,8H,7H2,1-3H3. The molecule has 0 atom stereocenters. The molecular formula is C12H15BrO2. The van der Waals surface area contributed by atoms with Gasteiger partial charge in [-0.05, 0) is 38.5 Å². The molecule has 1 aromatic rings. The van der Waals surface area contributed by atoms with Gasteiger partial charge in [0, 0.05) is 0 Å². The van der Waals surface area contributed by atoms with Crippen molar-refractivity contribution in [1.82, 2.24) is 0 Å². The Morgan fingerprint density at radius 1 is 1.47 bits per heavy atom. The summed E-state index contributed by atoms with van der Waals surface area (Å²) in [5.74, 6) is 0.722. The second-order valence-electron chi connectivity index (χ2n) is 3.72. The van der Waals surface area contributed by atoms with Crippen molar-refractivity contribution in [3.8, 4) is 5.75 Å². The molecule has 0 bridgehead atoms. The molecule has 82 valence electrons. The van der Waals surface area contributed by atoms with Gasteiger partial charge in [0.15, 0.2) is 5.78 Å². The Balaban J connectivity index is 3.08. The Kier molecular flexibility index (Phi) is 4.33. The minimum atomic E-state index is 0.0469. The fourth-order valence-corrected chi connectivity index (χ4v) is 1.59. The van der Waals surface area contributed by atoms with E-state index in [0.29, 0.717) is 16.6 Å². The highest BCUT2D eigenvalue weighted by Gasteiger charge is 2.12. The number of halogens is 1. The van der Waals surface area contributed by atoms with Crippen LogP contribution in [0.2, 0.25) is 0 Å². The molecule has 15 heavy (non-hydrogen) atoms. The van der Waals surface area contributed by atoms with E-state index in [1.165, 1.54) is 0 Å². The average Bonchev–Trinajstić information content (AvgIpc) is 2.16. The summed E-state index contributed by atoms with van der Waals surface area (Å²) >= 11 is 3.17. The molecule has 0 spiro atoms. The van der Waals surface area contributed by atoms with Gasteiger partial charge in [0.1, 0.15) is 5.75 Å². The number of carbonyl (C=O) groups excluding carboxylic acids is 1. The third-order valence-electron chi connectivity index (χ3n) is 1.92. The molecule has 0 unspecified atom stereocenters. The number of alkyl halides is 1. The monoisotopic (exact) mass is 270 g/mol. The average molecular weight is 271 g/mol. The van der Waals surface area contributed by atoms with Gasteiger partial charge in [0.05, 0.1) is 17.0 Å². The summed E-state index contributed by atoms with van der Waals surface area (Å²) in [6, 6.07) is 5.63. The van der Waals surface area contributed by atoms with Crippen LogP contribution in [-0.4, -0.2) is 17.2 Å². The zero-order valence-electron chi connectivity index (χ0n) is 9.21. The van der Waals surface area contributed by atoms with Gasteiger partial charge in [0.25, 0.3) is 0 Å². The summed E-state index contributed by atoms with van der Waals surface area (Å²) < 4.78 is 5.61. The highest BCUT2D eigenvalue weighted by Crippen LogP contribution is 2.22. The van der Waals surface area contributed by atoms with Gasteiger partial charge in [-0.1, -0.05) is 22.0 Å². The van der Waals surface area contributed by atoms with Gasteiger partial charge in [-0.3, -0.25) is 4.79 Å². The highest BCUT2D eigenvalue weighted by atomic mass is 79.9. The normalized spacial score (nSPS) is 10.5. The number of aryl methyl sites for hydroxylation is 1. The second kappa shape index (κ2) is 5.31. The van der Waals surface area contributed by atoms with Gasteiger partial charge < -0.3 is 4.74 Å². The first-order valence-electron chi connectivity index (χ1n) is 4.91. The number of benzene rings is 1. The molecule has 0 aliphatic heterocycles. The predicted molar refractivity (Wildman–Crippen MR) is 65.1 cm³/mol. The molecule has 0 radical (unpaired) electrons. The Labute approximate surface area is 98.8 Å². The van der Waals surface area contributed by atoms with Crippen LogP contribution in [0.5, 0.6) is 5.75 Å². The Morgan fingerprint density at radius 2 is 2.13 bits per heavy atom. The maximum atomic E-state index is 11.6. The zero-order valence-corrected chi connectivity index (χ0v) is 10.8. The maximum absolute atomic E-state index is 11.6. The van der Waals surface area contributed by atoms with Crippen LogP contribution in [0.4, 0.5) is 0 Å². The summed E-state index contributed by atoms with van der Waals surface area (Å²) in [5, 5.41) is 0.324. The van der Waals surface area contributed by atoms with E-state index in [4.69, 9.17) is 4.74 Å². The van der Waals surface area contributed by atoms with E-state index in [2.05, 4.69) is 15.9 Å². The molecule has 0 amide bonds. The maximum Gasteiger partial charge on any atom is 0.177 e. The smallest absolute Gasteiger partial charge is 0.177 e. The zero-order chi connectivity index (χ0) is 11.4. The molecule has 0 saturated carbocycles. The minimum Gasteiger partial charge on any atom is -0.490 e. The Morgan fingerprint density at radius 3 is 2.67 bits per heavy atom. The van der Waals surface area contributed by atoms with Crippen LogP contribution in [0.25, 0.3) is 0 Å². The summed E-state index contributed by atoms with van der Waals surface area (Å²) in [5.41, 5.74) is 1.74. The third kappa shape index (κ3) is 3.34. The molecule has 2 nitrogen and oxygen atoms in total. The summed E-state index contributed by atoms with van der Waals surface area (Å²) in [4.78, 5) is 11.6. The molecule has 0 fully saturated rings. The van der Waals surface area contributed by atoms with Crippen molar-refractivity contribution >= 4 is 21.7 Å². The molecular weight excluding hydrogens is 256 g/mol. The predicted octanol–water partition coefficient (Wildman–Crippen LogP) is 3.36. The van der Waals surface area contributed by atoms with Crippen molar-refractivity contribution in [2.24, 2.45) is 0 Å². The molecule has 0 saturated heterocycles. The van der Waals surface area contributed by atoms with E-state index >= 15 is 0 Å². The van der Waals surface area contributed by atoms with E-state index < -0.39 is 0 Å². The molecule has 3 heteroatoms.